The van der Waals surface area contributed by atoms with E-state index in [0.717, 1.165) is 5.00 Å². The number of hydrogen-bond donors (Lipinski definition) is 1. The van der Waals surface area contributed by atoms with Crippen LogP contribution in [-0.2, 0) is 0 Å². The first-order valence-corrected chi connectivity index (χ1v) is 7.44. The van der Waals surface area contributed by atoms with Gasteiger partial charge in [0.05, 0.1) is 16.6 Å². The van der Waals surface area contributed by atoms with Crippen LogP contribution in [0.2, 0.25) is 0 Å². The van der Waals surface area contributed by atoms with Crippen LogP contribution in [0.3, 0.4) is 0 Å². The van der Waals surface area contributed by atoms with Gasteiger partial charge in [-0.05, 0) is 18.9 Å². The van der Waals surface area contributed by atoms with Crippen LogP contribution in [0, 0.1) is 5.92 Å². The lowest BCUT2D eigenvalue weighted by Crippen LogP contribution is -2.38. The number of alkyl halides is 3. The third-order valence-electron chi connectivity index (χ3n) is 3.62. The molecule has 0 spiro atoms. The molecule has 21 heavy (non-hydrogen) atoms. The van der Waals surface area contributed by atoms with Crippen molar-refractivity contribution in [1.82, 2.24) is 4.90 Å². The molecule has 1 amide bonds. The second kappa shape index (κ2) is 5.75. The van der Waals surface area contributed by atoms with Gasteiger partial charge >= 0.3 is 6.18 Å². The minimum atomic E-state index is -4.12. The molecule has 118 valence electrons. The van der Waals surface area contributed by atoms with E-state index < -0.39 is 12.1 Å². The average Bonchev–Trinajstić information content (AvgIpc) is 2.79. The first-order chi connectivity index (χ1) is 9.70. The van der Waals surface area contributed by atoms with Crippen LogP contribution in [-0.4, -0.2) is 44.2 Å². The van der Waals surface area contributed by atoms with E-state index >= 15 is 0 Å². The monoisotopic (exact) mass is 321 g/mol. The lowest BCUT2D eigenvalue weighted by molar-refractivity contribution is -0.179. The molecule has 2 N–H and O–H groups in total. The predicted molar refractivity (Wildman–Crippen MR) is 77.7 cm³/mol. The molecule has 1 aromatic heterocycles. The summed E-state index contributed by atoms with van der Waals surface area (Å²) in [5.41, 5.74) is 6.22. The summed E-state index contributed by atoms with van der Waals surface area (Å²) in [5.74, 6) is -1.41. The Labute approximate surface area is 125 Å². The average molecular weight is 321 g/mol. The molecule has 1 fully saturated rings. The molecule has 0 unspecified atom stereocenters. The fourth-order valence-corrected chi connectivity index (χ4v) is 3.50. The number of nitrogens with zero attached hydrogens (tertiary/aromatic N) is 2. The van der Waals surface area contributed by atoms with E-state index in [-0.39, 0.29) is 18.7 Å². The van der Waals surface area contributed by atoms with Gasteiger partial charge in [-0.1, -0.05) is 0 Å². The van der Waals surface area contributed by atoms with E-state index in [1.54, 1.807) is 20.2 Å². The fraction of sp³-hybridized carbons (Fsp3) is 0.615. The zero-order valence-corrected chi connectivity index (χ0v) is 12.7. The topological polar surface area (TPSA) is 49.6 Å². The van der Waals surface area contributed by atoms with Crippen LogP contribution in [0.5, 0.6) is 0 Å². The van der Waals surface area contributed by atoms with Gasteiger partial charge in [-0.15, -0.1) is 11.3 Å². The van der Waals surface area contributed by atoms with Crippen molar-refractivity contribution in [3.8, 4) is 0 Å². The van der Waals surface area contributed by atoms with Crippen molar-refractivity contribution in [1.29, 1.82) is 0 Å². The van der Waals surface area contributed by atoms with E-state index in [2.05, 4.69) is 0 Å². The van der Waals surface area contributed by atoms with Crippen molar-refractivity contribution in [2.24, 2.45) is 5.92 Å². The van der Waals surface area contributed by atoms with Gasteiger partial charge in [0.25, 0.3) is 5.91 Å². The third kappa shape index (κ3) is 3.42. The summed E-state index contributed by atoms with van der Waals surface area (Å²) < 4.78 is 37.9. The standard InChI is InChI=1S/C13H18F3N3OS/c1-18(2)12(20)11-9(17)7-10(21-11)19-5-3-8(4-6-19)13(14,15)16/h7-8H,3-6,17H2,1-2H3. The Morgan fingerprint density at radius 2 is 1.95 bits per heavy atom. The molecule has 0 aromatic carbocycles. The van der Waals surface area contributed by atoms with Crippen molar-refractivity contribution in [3.63, 3.8) is 0 Å². The molecule has 1 aliphatic heterocycles. The Morgan fingerprint density at radius 3 is 2.43 bits per heavy atom. The first kappa shape index (κ1) is 15.9. The van der Waals surface area contributed by atoms with Gasteiger partial charge in [-0.25, -0.2) is 0 Å². The van der Waals surface area contributed by atoms with Gasteiger partial charge in [-0.2, -0.15) is 13.2 Å². The summed E-state index contributed by atoms with van der Waals surface area (Å²) in [6.07, 6.45) is -3.96. The Kier molecular flexibility index (Phi) is 4.36. The minimum Gasteiger partial charge on any atom is -0.397 e. The molecule has 1 aromatic rings. The second-order valence-corrected chi connectivity index (χ2v) is 6.40. The Morgan fingerprint density at radius 1 is 1.38 bits per heavy atom. The quantitative estimate of drug-likeness (QED) is 0.911. The molecular formula is C13H18F3N3OS. The molecule has 0 radical (unpaired) electrons. The summed E-state index contributed by atoms with van der Waals surface area (Å²) in [7, 11) is 3.27. The summed E-state index contributed by atoms with van der Waals surface area (Å²) in [4.78, 5) is 15.7. The SMILES string of the molecule is CN(C)C(=O)c1sc(N2CCC(C(F)(F)F)CC2)cc1N. The van der Waals surface area contributed by atoms with E-state index in [9.17, 15) is 18.0 Å². The van der Waals surface area contributed by atoms with Gasteiger partial charge in [-0.3, -0.25) is 4.79 Å². The Bertz CT molecular complexity index is 519. The number of rotatable bonds is 2. The molecule has 1 aliphatic rings. The maximum Gasteiger partial charge on any atom is 0.391 e. The first-order valence-electron chi connectivity index (χ1n) is 6.62. The van der Waals surface area contributed by atoms with Crippen molar-refractivity contribution in [2.75, 3.05) is 37.8 Å². The fourth-order valence-electron chi connectivity index (χ4n) is 2.34. The van der Waals surface area contributed by atoms with Crippen molar-refractivity contribution >= 4 is 27.9 Å². The molecule has 8 heteroatoms. The number of thiophene rings is 1. The molecule has 1 saturated heterocycles. The minimum absolute atomic E-state index is 0.0816. The highest BCUT2D eigenvalue weighted by Gasteiger charge is 2.41. The third-order valence-corrected chi connectivity index (χ3v) is 4.82. The number of halogens is 3. The number of hydrogen-bond acceptors (Lipinski definition) is 4. The summed E-state index contributed by atoms with van der Waals surface area (Å²) >= 11 is 1.24. The van der Waals surface area contributed by atoms with Crippen molar-refractivity contribution in [3.05, 3.63) is 10.9 Å². The predicted octanol–water partition coefficient (Wildman–Crippen LogP) is 2.81. The van der Waals surface area contributed by atoms with Crippen LogP contribution in [0.4, 0.5) is 23.9 Å². The molecule has 2 heterocycles. The van der Waals surface area contributed by atoms with Gasteiger partial charge in [0.1, 0.15) is 4.88 Å². The number of amides is 1. The molecule has 0 bridgehead atoms. The van der Waals surface area contributed by atoms with E-state index in [0.29, 0.717) is 23.7 Å². The van der Waals surface area contributed by atoms with E-state index in [1.807, 2.05) is 4.90 Å². The zero-order chi connectivity index (χ0) is 15.8. The number of carbonyl (C=O) groups is 1. The van der Waals surface area contributed by atoms with Gasteiger partial charge in [0.15, 0.2) is 0 Å². The normalized spacial score (nSPS) is 17.1. The highest BCUT2D eigenvalue weighted by molar-refractivity contribution is 7.18. The van der Waals surface area contributed by atoms with Gasteiger partial charge in [0.2, 0.25) is 0 Å². The highest BCUT2D eigenvalue weighted by Crippen LogP contribution is 2.38. The Hall–Kier alpha value is -1.44. The zero-order valence-electron chi connectivity index (χ0n) is 11.9. The molecule has 2 rings (SSSR count). The molecule has 0 atom stereocenters. The van der Waals surface area contributed by atoms with Crippen molar-refractivity contribution < 1.29 is 18.0 Å². The van der Waals surface area contributed by atoms with Gasteiger partial charge < -0.3 is 15.5 Å². The number of piperidine rings is 1. The number of anilines is 2. The lowest BCUT2D eigenvalue weighted by Gasteiger charge is -2.33. The summed E-state index contributed by atoms with van der Waals surface area (Å²) in [6.45, 7) is 0.666. The van der Waals surface area contributed by atoms with Crippen LogP contribution < -0.4 is 10.6 Å². The molecule has 0 saturated carbocycles. The molecular weight excluding hydrogens is 303 g/mol. The Balaban J connectivity index is 2.08. The summed E-state index contributed by atoms with van der Waals surface area (Å²) in [5, 5.41) is 0.762. The maximum absolute atomic E-state index is 12.6. The number of nitrogen functional groups attached to an aromatic ring is 1. The van der Waals surface area contributed by atoms with E-state index in [1.165, 1.54) is 16.2 Å². The highest BCUT2D eigenvalue weighted by atomic mass is 32.1. The largest absolute Gasteiger partial charge is 0.397 e. The van der Waals surface area contributed by atoms with Crippen LogP contribution in [0.15, 0.2) is 6.07 Å². The lowest BCUT2D eigenvalue weighted by atomic mass is 9.96. The smallest absolute Gasteiger partial charge is 0.391 e. The maximum atomic E-state index is 12.6. The van der Waals surface area contributed by atoms with Crippen LogP contribution >= 0.6 is 11.3 Å². The number of nitrogens with two attached hydrogens (primary N) is 1. The molecule has 4 nitrogen and oxygen atoms in total. The van der Waals surface area contributed by atoms with Crippen LogP contribution in [0.25, 0.3) is 0 Å². The van der Waals surface area contributed by atoms with Crippen LogP contribution in [0.1, 0.15) is 22.5 Å². The van der Waals surface area contributed by atoms with E-state index in [4.69, 9.17) is 5.73 Å². The van der Waals surface area contributed by atoms with Crippen molar-refractivity contribution in [2.45, 2.75) is 19.0 Å². The summed E-state index contributed by atoms with van der Waals surface area (Å²) in [6, 6.07) is 1.68. The van der Waals surface area contributed by atoms with Gasteiger partial charge in [0, 0.05) is 27.2 Å². The second-order valence-electron chi connectivity index (χ2n) is 5.37. The molecule has 0 aliphatic carbocycles. The number of carbonyl (C=O) groups excluding carboxylic acids is 1.